The highest BCUT2D eigenvalue weighted by molar-refractivity contribution is 5.95. The molecule has 2 aliphatic rings. The normalized spacial score (nSPS) is 20.6. The molecule has 0 bridgehead atoms. The summed E-state index contributed by atoms with van der Waals surface area (Å²) >= 11 is 0. The van der Waals surface area contributed by atoms with Crippen LogP contribution in [-0.2, 0) is 4.79 Å². The van der Waals surface area contributed by atoms with E-state index in [1.165, 1.54) is 0 Å². The molecule has 0 radical (unpaired) electrons. The SMILES string of the molecule is Cc1cc(C)cc(NC(=O)[C@H]2CC23CCN(C(=O)c2ncc(C)[nH]2)CC3)c1. The summed E-state index contributed by atoms with van der Waals surface area (Å²) in [6.07, 6.45) is 4.35. The number of piperidine rings is 1. The number of hydrogen-bond acceptors (Lipinski definition) is 3. The molecule has 2 heterocycles. The maximum absolute atomic E-state index is 12.7. The highest BCUT2D eigenvalue weighted by Crippen LogP contribution is 2.59. The molecule has 27 heavy (non-hydrogen) atoms. The number of hydrogen-bond donors (Lipinski definition) is 2. The van der Waals surface area contributed by atoms with Crippen molar-refractivity contribution in [3.8, 4) is 0 Å². The predicted octanol–water partition coefficient (Wildman–Crippen LogP) is 3.22. The largest absolute Gasteiger partial charge is 0.338 e. The number of benzene rings is 1. The van der Waals surface area contributed by atoms with E-state index in [2.05, 4.69) is 21.4 Å². The second-order valence-corrected chi connectivity index (χ2v) is 8.19. The first-order valence-electron chi connectivity index (χ1n) is 9.56. The monoisotopic (exact) mass is 366 g/mol. The van der Waals surface area contributed by atoms with Gasteiger partial charge in [-0.25, -0.2) is 4.98 Å². The maximum Gasteiger partial charge on any atom is 0.289 e. The summed E-state index contributed by atoms with van der Waals surface area (Å²) in [7, 11) is 0. The second kappa shape index (κ2) is 6.51. The standard InChI is InChI=1S/C21H26N4O2/c1-13-8-14(2)10-16(9-13)24-19(26)17-11-21(17)4-6-25(7-5-21)20(27)18-22-12-15(3)23-18/h8-10,12,17H,4-7,11H2,1-3H3,(H,22,23)(H,24,26)/t17-/m1/s1. The Morgan fingerprint density at radius 2 is 1.81 bits per heavy atom. The molecule has 1 saturated heterocycles. The zero-order valence-corrected chi connectivity index (χ0v) is 16.1. The molecule has 1 aromatic heterocycles. The molecule has 0 unspecified atom stereocenters. The molecule has 1 spiro atoms. The van der Waals surface area contributed by atoms with Crippen LogP contribution in [0.3, 0.4) is 0 Å². The van der Waals surface area contributed by atoms with Gasteiger partial charge in [0.25, 0.3) is 5.91 Å². The van der Waals surface area contributed by atoms with Crippen molar-refractivity contribution in [2.75, 3.05) is 18.4 Å². The molecular weight excluding hydrogens is 340 g/mol. The van der Waals surface area contributed by atoms with Crippen molar-refractivity contribution in [2.24, 2.45) is 11.3 Å². The van der Waals surface area contributed by atoms with Gasteiger partial charge in [-0.3, -0.25) is 9.59 Å². The number of carbonyl (C=O) groups is 2. The van der Waals surface area contributed by atoms with Crippen molar-refractivity contribution in [2.45, 2.75) is 40.0 Å². The Morgan fingerprint density at radius 1 is 1.15 bits per heavy atom. The Morgan fingerprint density at radius 3 is 2.41 bits per heavy atom. The second-order valence-electron chi connectivity index (χ2n) is 8.19. The number of anilines is 1. The molecule has 2 N–H and O–H groups in total. The molecule has 6 heteroatoms. The van der Waals surface area contributed by atoms with E-state index in [4.69, 9.17) is 0 Å². The van der Waals surface area contributed by atoms with Crippen LogP contribution in [0, 0.1) is 32.1 Å². The molecule has 2 fully saturated rings. The molecule has 1 saturated carbocycles. The van der Waals surface area contributed by atoms with Crippen molar-refractivity contribution in [3.05, 3.63) is 47.0 Å². The van der Waals surface area contributed by atoms with Gasteiger partial charge in [-0.1, -0.05) is 6.07 Å². The third kappa shape index (κ3) is 3.48. The van der Waals surface area contributed by atoms with Crippen molar-refractivity contribution in [1.29, 1.82) is 0 Å². The number of nitrogens with one attached hydrogen (secondary N) is 2. The number of H-pyrrole nitrogens is 1. The average molecular weight is 366 g/mol. The maximum atomic E-state index is 12.7. The Kier molecular flexibility index (Phi) is 4.29. The molecule has 1 atom stereocenters. The van der Waals surface area contributed by atoms with Gasteiger partial charge in [-0.15, -0.1) is 0 Å². The number of carbonyl (C=O) groups excluding carboxylic acids is 2. The first-order valence-corrected chi connectivity index (χ1v) is 9.56. The van der Waals surface area contributed by atoms with E-state index < -0.39 is 0 Å². The topological polar surface area (TPSA) is 78.1 Å². The Balaban J connectivity index is 1.34. The van der Waals surface area contributed by atoms with E-state index in [0.29, 0.717) is 18.9 Å². The molecule has 4 rings (SSSR count). The van der Waals surface area contributed by atoms with Crippen LogP contribution in [0.15, 0.2) is 24.4 Å². The summed E-state index contributed by atoms with van der Waals surface area (Å²) in [5, 5.41) is 3.09. The number of amides is 2. The summed E-state index contributed by atoms with van der Waals surface area (Å²) in [6, 6.07) is 6.11. The van der Waals surface area contributed by atoms with Gasteiger partial charge in [-0.05, 0) is 68.7 Å². The van der Waals surface area contributed by atoms with E-state index >= 15 is 0 Å². The van der Waals surface area contributed by atoms with Crippen LogP contribution >= 0.6 is 0 Å². The molecule has 2 aromatic rings. The van der Waals surface area contributed by atoms with E-state index in [1.54, 1.807) is 6.20 Å². The van der Waals surface area contributed by atoms with Gasteiger partial charge >= 0.3 is 0 Å². The Hall–Kier alpha value is -2.63. The third-order valence-electron chi connectivity index (χ3n) is 5.95. The van der Waals surface area contributed by atoms with Crippen LogP contribution in [0.25, 0.3) is 0 Å². The van der Waals surface area contributed by atoms with E-state index in [0.717, 1.165) is 41.8 Å². The van der Waals surface area contributed by atoms with E-state index in [9.17, 15) is 9.59 Å². The fourth-order valence-corrected chi connectivity index (χ4v) is 4.37. The van der Waals surface area contributed by atoms with Gasteiger partial charge in [0.15, 0.2) is 5.82 Å². The molecule has 6 nitrogen and oxygen atoms in total. The van der Waals surface area contributed by atoms with Gasteiger partial charge in [0, 0.05) is 36.6 Å². The lowest BCUT2D eigenvalue weighted by molar-refractivity contribution is -0.118. The highest BCUT2D eigenvalue weighted by atomic mass is 16.2. The van der Waals surface area contributed by atoms with Crippen molar-refractivity contribution in [1.82, 2.24) is 14.9 Å². The zero-order chi connectivity index (χ0) is 19.2. The van der Waals surface area contributed by atoms with Gasteiger partial charge in [0.1, 0.15) is 0 Å². The van der Waals surface area contributed by atoms with Crippen LogP contribution < -0.4 is 5.32 Å². The number of nitrogens with zero attached hydrogens (tertiary/aromatic N) is 2. The van der Waals surface area contributed by atoms with Crippen molar-refractivity contribution in [3.63, 3.8) is 0 Å². The lowest BCUT2D eigenvalue weighted by Gasteiger charge is -2.32. The molecule has 1 aromatic carbocycles. The van der Waals surface area contributed by atoms with E-state index in [1.807, 2.05) is 37.8 Å². The fraction of sp³-hybridized carbons (Fsp3) is 0.476. The average Bonchev–Trinajstić information content (AvgIpc) is 3.13. The van der Waals surface area contributed by atoms with Crippen LogP contribution in [0.4, 0.5) is 5.69 Å². The van der Waals surface area contributed by atoms with Crippen molar-refractivity contribution >= 4 is 17.5 Å². The first kappa shape index (κ1) is 17.8. The quantitative estimate of drug-likeness (QED) is 0.875. The summed E-state index contributed by atoms with van der Waals surface area (Å²) in [6.45, 7) is 7.33. The molecule has 2 amide bonds. The Labute approximate surface area is 159 Å². The molecule has 1 aliphatic carbocycles. The molecule has 1 aliphatic heterocycles. The smallest absolute Gasteiger partial charge is 0.289 e. The summed E-state index contributed by atoms with van der Waals surface area (Å²) in [5.41, 5.74) is 4.13. The fourth-order valence-electron chi connectivity index (χ4n) is 4.37. The lowest BCUT2D eigenvalue weighted by Crippen LogP contribution is -2.40. The van der Waals surface area contributed by atoms with Gasteiger partial charge in [0.05, 0.1) is 0 Å². The first-order chi connectivity index (χ1) is 12.9. The number of aryl methyl sites for hydroxylation is 3. The number of imidazole rings is 1. The van der Waals surface area contributed by atoms with Crippen LogP contribution in [-0.4, -0.2) is 39.8 Å². The van der Waals surface area contributed by atoms with E-state index in [-0.39, 0.29) is 23.1 Å². The summed E-state index contributed by atoms with van der Waals surface area (Å²) < 4.78 is 0. The minimum absolute atomic E-state index is 0.0464. The highest BCUT2D eigenvalue weighted by Gasteiger charge is 2.58. The number of aromatic amines is 1. The van der Waals surface area contributed by atoms with Gasteiger partial charge in [0.2, 0.25) is 5.91 Å². The number of aromatic nitrogens is 2. The summed E-state index contributed by atoms with van der Waals surface area (Å²) in [4.78, 5) is 34.2. The zero-order valence-electron chi connectivity index (χ0n) is 16.1. The van der Waals surface area contributed by atoms with Crippen LogP contribution in [0.2, 0.25) is 0 Å². The molecule has 142 valence electrons. The Bertz CT molecular complexity index is 873. The van der Waals surface area contributed by atoms with Gasteiger partial charge < -0.3 is 15.2 Å². The third-order valence-corrected chi connectivity index (χ3v) is 5.95. The number of rotatable bonds is 3. The van der Waals surface area contributed by atoms with Crippen LogP contribution in [0.1, 0.15) is 46.7 Å². The lowest BCUT2D eigenvalue weighted by atomic mass is 9.90. The minimum atomic E-state index is -0.0464. The molecular formula is C21H26N4O2. The predicted molar refractivity (Wildman–Crippen MR) is 104 cm³/mol. The summed E-state index contributed by atoms with van der Waals surface area (Å²) in [5.74, 6) is 0.529. The van der Waals surface area contributed by atoms with Crippen LogP contribution in [0.5, 0.6) is 0 Å². The number of likely N-dealkylation sites (tertiary alicyclic amines) is 1. The van der Waals surface area contributed by atoms with Crippen molar-refractivity contribution < 1.29 is 9.59 Å². The minimum Gasteiger partial charge on any atom is -0.338 e. The van der Waals surface area contributed by atoms with Gasteiger partial charge in [-0.2, -0.15) is 0 Å².